The van der Waals surface area contributed by atoms with Crippen molar-refractivity contribution in [3.8, 4) is 0 Å². The predicted molar refractivity (Wildman–Crippen MR) is 82.5 cm³/mol. The van der Waals surface area contributed by atoms with Crippen LogP contribution in [0.2, 0.25) is 0 Å². The SMILES string of the molecule is COC(CNC(=O)CCNC(=O)c1cc(F)ccc1Br)C(=O)O. The second-order valence-corrected chi connectivity index (χ2v) is 5.35. The molecular weight excluding hydrogens is 375 g/mol. The number of benzene rings is 1. The Hall–Kier alpha value is -2.00. The highest BCUT2D eigenvalue weighted by atomic mass is 79.9. The number of ether oxygens (including phenoxy) is 1. The quantitative estimate of drug-likeness (QED) is 0.612. The second kappa shape index (κ2) is 9.21. The van der Waals surface area contributed by atoms with Crippen LogP contribution in [0, 0.1) is 5.82 Å². The van der Waals surface area contributed by atoms with Gasteiger partial charge in [0.05, 0.1) is 12.1 Å². The van der Waals surface area contributed by atoms with Gasteiger partial charge >= 0.3 is 5.97 Å². The average molecular weight is 391 g/mol. The van der Waals surface area contributed by atoms with E-state index in [1.165, 1.54) is 19.2 Å². The summed E-state index contributed by atoms with van der Waals surface area (Å²) >= 11 is 3.14. The number of hydrogen-bond acceptors (Lipinski definition) is 4. The first kappa shape index (κ1) is 19.0. The Morgan fingerprint density at radius 3 is 2.65 bits per heavy atom. The molecule has 0 aromatic heterocycles. The third-order valence-corrected chi connectivity index (χ3v) is 3.55. The van der Waals surface area contributed by atoms with Crippen molar-refractivity contribution in [2.45, 2.75) is 12.5 Å². The molecule has 2 amide bonds. The molecule has 0 aliphatic heterocycles. The fourth-order valence-corrected chi connectivity index (χ4v) is 2.05. The number of carbonyl (C=O) groups excluding carboxylic acids is 2. The Bertz CT molecular complexity index is 597. The topological polar surface area (TPSA) is 105 Å². The molecule has 0 bridgehead atoms. The fourth-order valence-electron chi connectivity index (χ4n) is 1.62. The van der Waals surface area contributed by atoms with Crippen LogP contribution in [0.25, 0.3) is 0 Å². The third kappa shape index (κ3) is 6.33. The number of amides is 2. The number of carboxylic acid groups (broad SMARTS) is 1. The van der Waals surface area contributed by atoms with E-state index >= 15 is 0 Å². The molecule has 23 heavy (non-hydrogen) atoms. The number of carboxylic acids is 1. The van der Waals surface area contributed by atoms with Crippen molar-refractivity contribution in [1.29, 1.82) is 0 Å². The highest BCUT2D eigenvalue weighted by Crippen LogP contribution is 2.17. The van der Waals surface area contributed by atoms with Gasteiger partial charge in [-0.05, 0) is 34.1 Å². The van der Waals surface area contributed by atoms with Crippen molar-refractivity contribution in [1.82, 2.24) is 10.6 Å². The van der Waals surface area contributed by atoms with Crippen LogP contribution in [0.1, 0.15) is 16.8 Å². The first-order valence-corrected chi connectivity index (χ1v) is 7.40. The molecule has 1 aromatic carbocycles. The van der Waals surface area contributed by atoms with E-state index in [9.17, 15) is 18.8 Å². The molecule has 1 unspecified atom stereocenters. The number of methoxy groups -OCH3 is 1. The van der Waals surface area contributed by atoms with Crippen LogP contribution in [0.3, 0.4) is 0 Å². The van der Waals surface area contributed by atoms with Crippen molar-refractivity contribution >= 4 is 33.7 Å². The molecule has 0 saturated heterocycles. The van der Waals surface area contributed by atoms with Gasteiger partial charge in [0.25, 0.3) is 5.91 Å². The van der Waals surface area contributed by atoms with Gasteiger partial charge in [0.2, 0.25) is 5.91 Å². The van der Waals surface area contributed by atoms with Crippen molar-refractivity contribution in [2.75, 3.05) is 20.2 Å². The van der Waals surface area contributed by atoms with Gasteiger partial charge in [-0.25, -0.2) is 9.18 Å². The maximum atomic E-state index is 13.1. The number of nitrogens with one attached hydrogen (secondary N) is 2. The standard InChI is InChI=1S/C14H16BrFN2O5/c1-23-11(14(21)22)7-18-12(19)4-5-17-13(20)9-6-8(16)2-3-10(9)15/h2-3,6,11H,4-5,7H2,1H3,(H,17,20)(H,18,19)(H,21,22). The zero-order valence-electron chi connectivity index (χ0n) is 12.3. The molecule has 3 N–H and O–H groups in total. The van der Waals surface area contributed by atoms with Crippen LogP contribution < -0.4 is 10.6 Å². The lowest BCUT2D eigenvalue weighted by atomic mass is 10.2. The summed E-state index contributed by atoms with van der Waals surface area (Å²) in [5.74, 6) is -2.69. The Morgan fingerprint density at radius 1 is 1.35 bits per heavy atom. The van der Waals surface area contributed by atoms with E-state index in [2.05, 4.69) is 31.3 Å². The van der Waals surface area contributed by atoms with Crippen molar-refractivity contribution in [2.24, 2.45) is 0 Å². The zero-order chi connectivity index (χ0) is 17.4. The molecular formula is C14H16BrFN2O5. The Morgan fingerprint density at radius 2 is 2.04 bits per heavy atom. The Kier molecular flexibility index (Phi) is 7.63. The Labute approximate surface area is 140 Å². The molecule has 0 saturated carbocycles. The third-order valence-electron chi connectivity index (χ3n) is 2.86. The van der Waals surface area contributed by atoms with Crippen molar-refractivity contribution < 1.29 is 28.6 Å². The van der Waals surface area contributed by atoms with Gasteiger partial charge in [-0.3, -0.25) is 9.59 Å². The number of halogens is 2. The molecule has 9 heteroatoms. The first-order chi connectivity index (χ1) is 10.8. The van der Waals surface area contributed by atoms with Crippen LogP contribution in [0.15, 0.2) is 22.7 Å². The summed E-state index contributed by atoms with van der Waals surface area (Å²) in [5, 5.41) is 13.6. The van der Waals surface area contributed by atoms with Gasteiger partial charge in [0.15, 0.2) is 6.10 Å². The summed E-state index contributed by atoms with van der Waals surface area (Å²) in [6.45, 7) is -0.146. The molecule has 126 valence electrons. The lowest BCUT2D eigenvalue weighted by Crippen LogP contribution is -2.39. The molecule has 1 atom stereocenters. The molecule has 1 rings (SSSR count). The molecule has 0 aliphatic carbocycles. The maximum absolute atomic E-state index is 13.1. The fraction of sp³-hybridized carbons (Fsp3) is 0.357. The molecule has 0 spiro atoms. The zero-order valence-corrected chi connectivity index (χ0v) is 13.9. The van der Waals surface area contributed by atoms with Gasteiger partial charge in [-0.2, -0.15) is 0 Å². The van der Waals surface area contributed by atoms with E-state index in [0.717, 1.165) is 6.07 Å². The largest absolute Gasteiger partial charge is 0.479 e. The van der Waals surface area contributed by atoms with Crippen LogP contribution >= 0.6 is 15.9 Å². The predicted octanol–water partition coefficient (Wildman–Crippen LogP) is 0.924. The van der Waals surface area contributed by atoms with Crippen molar-refractivity contribution in [3.05, 3.63) is 34.1 Å². The molecule has 0 radical (unpaired) electrons. The van der Waals surface area contributed by atoms with E-state index in [1.54, 1.807) is 0 Å². The maximum Gasteiger partial charge on any atom is 0.334 e. The smallest absolute Gasteiger partial charge is 0.334 e. The normalized spacial score (nSPS) is 11.6. The van der Waals surface area contributed by atoms with Crippen LogP contribution in [-0.2, 0) is 14.3 Å². The average Bonchev–Trinajstić information content (AvgIpc) is 2.49. The molecule has 7 nitrogen and oxygen atoms in total. The Balaban J connectivity index is 2.38. The van der Waals surface area contributed by atoms with Gasteiger partial charge in [-0.15, -0.1) is 0 Å². The summed E-state index contributed by atoms with van der Waals surface area (Å²) in [7, 11) is 1.22. The minimum Gasteiger partial charge on any atom is -0.479 e. The monoisotopic (exact) mass is 390 g/mol. The number of carbonyl (C=O) groups is 3. The van der Waals surface area contributed by atoms with Crippen LogP contribution in [0.4, 0.5) is 4.39 Å². The van der Waals surface area contributed by atoms with Gasteiger partial charge in [0.1, 0.15) is 5.82 Å². The molecule has 0 aliphatic rings. The summed E-state index contributed by atoms with van der Waals surface area (Å²) < 4.78 is 18.2. The highest BCUT2D eigenvalue weighted by Gasteiger charge is 2.17. The minimum absolute atomic E-state index is 0.0261. The van der Waals surface area contributed by atoms with Crippen LogP contribution in [-0.4, -0.2) is 49.2 Å². The van der Waals surface area contributed by atoms with E-state index in [1.807, 2.05) is 0 Å². The highest BCUT2D eigenvalue weighted by molar-refractivity contribution is 9.10. The van der Waals surface area contributed by atoms with E-state index in [0.29, 0.717) is 4.47 Å². The number of hydrogen-bond donors (Lipinski definition) is 3. The van der Waals surface area contributed by atoms with E-state index < -0.39 is 29.7 Å². The van der Waals surface area contributed by atoms with Crippen LogP contribution in [0.5, 0.6) is 0 Å². The molecule has 0 fully saturated rings. The number of aliphatic carboxylic acids is 1. The number of rotatable bonds is 8. The lowest BCUT2D eigenvalue weighted by Gasteiger charge is -2.12. The summed E-state index contributed by atoms with van der Waals surface area (Å²) in [6.07, 6.45) is -1.17. The minimum atomic E-state index is -1.18. The van der Waals surface area contributed by atoms with Gasteiger partial charge < -0.3 is 20.5 Å². The lowest BCUT2D eigenvalue weighted by molar-refractivity contribution is -0.148. The van der Waals surface area contributed by atoms with Gasteiger partial charge in [0, 0.05) is 24.5 Å². The molecule has 1 aromatic rings. The summed E-state index contributed by atoms with van der Waals surface area (Å²) in [4.78, 5) is 34.1. The summed E-state index contributed by atoms with van der Waals surface area (Å²) in [6, 6.07) is 3.70. The second-order valence-electron chi connectivity index (χ2n) is 4.50. The van der Waals surface area contributed by atoms with Crippen molar-refractivity contribution in [3.63, 3.8) is 0 Å². The van der Waals surface area contributed by atoms with E-state index in [4.69, 9.17) is 5.11 Å². The van der Waals surface area contributed by atoms with E-state index in [-0.39, 0.29) is 25.1 Å². The first-order valence-electron chi connectivity index (χ1n) is 6.60. The van der Waals surface area contributed by atoms with Gasteiger partial charge in [-0.1, -0.05) is 0 Å². The molecule has 0 heterocycles. The summed E-state index contributed by atoms with van der Waals surface area (Å²) in [5.41, 5.74) is 0.121.